The maximum atomic E-state index is 11.2. The second kappa shape index (κ2) is 15.2. The zero-order valence-corrected chi connectivity index (χ0v) is 26.5. The molecule has 10 nitrogen and oxygen atoms in total. The highest BCUT2D eigenvalue weighted by molar-refractivity contribution is 6.13. The number of carbonyl (C=O) groups excluding carboxylic acids is 2. The summed E-state index contributed by atoms with van der Waals surface area (Å²) in [6.45, 7) is 8.60. The molecule has 4 N–H and O–H groups in total. The molecule has 0 saturated heterocycles. The second-order valence-electron chi connectivity index (χ2n) is 11.1. The minimum absolute atomic E-state index is 0.0173. The third kappa shape index (κ3) is 7.86. The van der Waals surface area contributed by atoms with Gasteiger partial charge in [-0.25, -0.2) is 0 Å². The predicted octanol–water partition coefficient (Wildman–Crippen LogP) is 5.90. The highest BCUT2D eigenvalue weighted by atomic mass is 16.5. The van der Waals surface area contributed by atoms with E-state index in [1.165, 1.54) is 13.8 Å². The number of amides is 2. The molecule has 44 heavy (non-hydrogen) atoms. The topological polar surface area (TPSA) is 127 Å². The van der Waals surface area contributed by atoms with Crippen LogP contribution in [0.15, 0.2) is 48.8 Å². The summed E-state index contributed by atoms with van der Waals surface area (Å²) in [5, 5.41) is 14.8. The fraction of sp³-hybridized carbons (Fsp3) is 0.412. The first-order chi connectivity index (χ1) is 21.2. The number of methoxy groups -OCH3 is 2. The Morgan fingerprint density at radius 2 is 1.14 bits per heavy atom. The first-order valence-corrected chi connectivity index (χ1v) is 15.2. The van der Waals surface area contributed by atoms with Gasteiger partial charge in [0.05, 0.1) is 36.6 Å². The Morgan fingerprint density at radius 3 is 1.50 bits per heavy atom. The average Bonchev–Trinajstić information content (AvgIpc) is 3.01. The lowest BCUT2D eigenvalue weighted by molar-refractivity contribution is -0.119. The zero-order chi connectivity index (χ0) is 31.6. The molecule has 0 radical (unpaired) electrons. The van der Waals surface area contributed by atoms with Gasteiger partial charge in [-0.1, -0.05) is 12.1 Å². The van der Waals surface area contributed by atoms with Crippen molar-refractivity contribution in [2.24, 2.45) is 0 Å². The van der Waals surface area contributed by atoms with Crippen molar-refractivity contribution in [3.63, 3.8) is 0 Å². The van der Waals surface area contributed by atoms with Gasteiger partial charge in [-0.05, 0) is 51.7 Å². The molecular formula is C34H44N6O4. The number of hydrogen-bond acceptors (Lipinski definition) is 8. The number of pyridine rings is 2. The molecule has 0 saturated carbocycles. The van der Waals surface area contributed by atoms with E-state index in [1.807, 2.05) is 24.3 Å². The van der Waals surface area contributed by atoms with Gasteiger partial charge < -0.3 is 30.7 Å². The fourth-order valence-corrected chi connectivity index (χ4v) is 5.53. The molecule has 2 unspecified atom stereocenters. The fourth-order valence-electron chi connectivity index (χ4n) is 5.53. The van der Waals surface area contributed by atoms with Crippen molar-refractivity contribution < 1.29 is 19.1 Å². The Balaban J connectivity index is 1.75. The van der Waals surface area contributed by atoms with Crippen LogP contribution in [0.1, 0.15) is 53.4 Å². The number of ether oxygens (including phenoxy) is 2. The van der Waals surface area contributed by atoms with Crippen molar-refractivity contribution in [3.05, 3.63) is 48.8 Å². The van der Waals surface area contributed by atoms with Gasteiger partial charge in [0.15, 0.2) is 0 Å². The summed E-state index contributed by atoms with van der Waals surface area (Å²) >= 11 is 0. The van der Waals surface area contributed by atoms with Gasteiger partial charge in [-0.3, -0.25) is 19.6 Å². The summed E-state index contributed by atoms with van der Waals surface area (Å²) < 4.78 is 12.1. The van der Waals surface area contributed by atoms with Crippen molar-refractivity contribution in [1.82, 2.24) is 20.6 Å². The first kappa shape index (κ1) is 32.3. The molecule has 2 aromatic heterocycles. The lowest BCUT2D eigenvalue weighted by atomic mass is 9.93. The van der Waals surface area contributed by atoms with Crippen molar-refractivity contribution >= 4 is 45.0 Å². The minimum Gasteiger partial charge on any atom is -0.496 e. The number of nitrogens with one attached hydrogen (secondary N) is 4. The van der Waals surface area contributed by atoms with Crippen LogP contribution in [0.2, 0.25) is 0 Å². The number of aromatic nitrogens is 2. The SMILES string of the molecule is COc1cc(NC(C)CCCNC(C)=O)c2ncccc2c1-c1c(OC)cc(NC(C)CCCNC(C)=O)c2ncccc12. The number of nitrogens with zero attached hydrogens (tertiary/aromatic N) is 2. The van der Waals surface area contributed by atoms with E-state index in [-0.39, 0.29) is 23.9 Å². The maximum Gasteiger partial charge on any atom is 0.216 e. The molecule has 2 amide bonds. The molecule has 4 rings (SSSR count). The summed E-state index contributed by atoms with van der Waals surface area (Å²) in [6, 6.07) is 12.3. The Bertz CT molecular complexity index is 1490. The zero-order valence-electron chi connectivity index (χ0n) is 26.5. The molecule has 0 aliphatic carbocycles. The van der Waals surface area contributed by atoms with Crippen LogP contribution in [-0.2, 0) is 9.59 Å². The average molecular weight is 601 g/mol. The first-order valence-electron chi connectivity index (χ1n) is 15.2. The minimum atomic E-state index is -0.0173. The summed E-state index contributed by atoms with van der Waals surface area (Å²) in [7, 11) is 3.35. The third-order valence-electron chi connectivity index (χ3n) is 7.58. The van der Waals surface area contributed by atoms with E-state index in [9.17, 15) is 9.59 Å². The van der Waals surface area contributed by atoms with E-state index in [0.717, 1.165) is 70.0 Å². The molecule has 2 atom stereocenters. The van der Waals surface area contributed by atoms with Crippen LogP contribution in [0.25, 0.3) is 32.9 Å². The quantitative estimate of drug-likeness (QED) is 0.124. The van der Waals surface area contributed by atoms with Gasteiger partial charge in [0.1, 0.15) is 11.5 Å². The van der Waals surface area contributed by atoms with Crippen LogP contribution in [0.5, 0.6) is 11.5 Å². The number of benzene rings is 2. The van der Waals surface area contributed by atoms with E-state index in [1.54, 1.807) is 26.6 Å². The van der Waals surface area contributed by atoms with Gasteiger partial charge in [-0.15, -0.1) is 0 Å². The number of rotatable bonds is 15. The standard InChI is InChI=1S/C34H44N6O4/c1-21(11-7-15-35-23(3)41)39-27-19-29(43-5)31(25-13-9-17-37-33(25)27)32-26-14-10-18-38-34(26)28(20-30(32)44-6)40-22(2)12-8-16-36-24(4)42/h9-10,13-14,17-22,39-40H,7-8,11-12,15-16H2,1-6H3,(H,35,41)(H,36,42). The molecule has 2 aromatic carbocycles. The highest BCUT2D eigenvalue weighted by Gasteiger charge is 2.23. The lowest BCUT2D eigenvalue weighted by Gasteiger charge is -2.23. The van der Waals surface area contributed by atoms with Gasteiger partial charge in [-0.2, -0.15) is 0 Å². The second-order valence-corrected chi connectivity index (χ2v) is 11.1. The molecular weight excluding hydrogens is 556 g/mol. The largest absolute Gasteiger partial charge is 0.496 e. The maximum absolute atomic E-state index is 11.2. The molecule has 0 aliphatic rings. The van der Waals surface area contributed by atoms with E-state index >= 15 is 0 Å². The molecule has 2 heterocycles. The molecule has 0 fully saturated rings. The van der Waals surface area contributed by atoms with E-state index < -0.39 is 0 Å². The Labute approximate surface area is 259 Å². The van der Waals surface area contributed by atoms with E-state index in [4.69, 9.17) is 19.4 Å². The number of fused-ring (bicyclic) bond motifs is 2. The molecule has 0 spiro atoms. The normalized spacial score (nSPS) is 12.4. The Hall–Kier alpha value is -4.60. The molecule has 234 valence electrons. The molecule has 0 aliphatic heterocycles. The van der Waals surface area contributed by atoms with Crippen LogP contribution < -0.4 is 30.7 Å². The summed E-state index contributed by atoms with van der Waals surface area (Å²) in [5.41, 5.74) is 5.16. The van der Waals surface area contributed by atoms with Crippen molar-refractivity contribution in [2.45, 2.75) is 65.5 Å². The predicted molar refractivity (Wildman–Crippen MR) is 178 cm³/mol. The van der Waals surface area contributed by atoms with Crippen molar-refractivity contribution in [3.8, 4) is 22.6 Å². The van der Waals surface area contributed by atoms with E-state index in [0.29, 0.717) is 24.6 Å². The van der Waals surface area contributed by atoms with Gasteiger partial charge in [0.25, 0.3) is 0 Å². The van der Waals surface area contributed by atoms with Crippen LogP contribution in [-0.4, -0.2) is 61.2 Å². The number of anilines is 2. The summed E-state index contributed by atoms with van der Waals surface area (Å²) in [4.78, 5) is 32.0. The molecule has 10 heteroatoms. The smallest absolute Gasteiger partial charge is 0.216 e. The van der Waals surface area contributed by atoms with Crippen LogP contribution >= 0.6 is 0 Å². The number of carbonyl (C=O) groups is 2. The van der Waals surface area contributed by atoms with Gasteiger partial charge >= 0.3 is 0 Å². The summed E-state index contributed by atoms with van der Waals surface area (Å²) in [6.07, 6.45) is 7.06. The lowest BCUT2D eigenvalue weighted by Crippen LogP contribution is -2.23. The van der Waals surface area contributed by atoms with E-state index in [2.05, 4.69) is 47.2 Å². The van der Waals surface area contributed by atoms with Crippen molar-refractivity contribution in [1.29, 1.82) is 0 Å². The Morgan fingerprint density at radius 1 is 0.727 bits per heavy atom. The van der Waals surface area contributed by atoms with Crippen LogP contribution in [0.4, 0.5) is 11.4 Å². The molecule has 4 aromatic rings. The molecule has 0 bridgehead atoms. The van der Waals surface area contributed by atoms with Crippen LogP contribution in [0, 0.1) is 0 Å². The Kier molecular flexibility index (Phi) is 11.2. The summed E-state index contributed by atoms with van der Waals surface area (Å²) in [5.74, 6) is 1.34. The highest BCUT2D eigenvalue weighted by Crippen LogP contribution is 2.48. The monoisotopic (exact) mass is 600 g/mol. The van der Waals surface area contributed by atoms with Gasteiger partial charge in [0.2, 0.25) is 11.8 Å². The third-order valence-corrected chi connectivity index (χ3v) is 7.58. The van der Waals surface area contributed by atoms with Crippen molar-refractivity contribution in [2.75, 3.05) is 37.9 Å². The van der Waals surface area contributed by atoms with Crippen LogP contribution in [0.3, 0.4) is 0 Å². The number of hydrogen-bond donors (Lipinski definition) is 4. The van der Waals surface area contributed by atoms with Gasteiger partial charge in [0, 0.05) is 85.4 Å².